The molecule has 0 bridgehead atoms. The molecule has 0 spiro atoms. The first-order chi connectivity index (χ1) is 14.9. The van der Waals surface area contributed by atoms with Gasteiger partial charge in [-0.1, -0.05) is 50.2 Å². The van der Waals surface area contributed by atoms with Gasteiger partial charge in [-0.25, -0.2) is 15.2 Å². The summed E-state index contributed by atoms with van der Waals surface area (Å²) in [5, 5.41) is 1.19. The summed E-state index contributed by atoms with van der Waals surface area (Å²) in [4.78, 5) is 39.3. The molecule has 0 fully saturated rings. The van der Waals surface area contributed by atoms with Crippen LogP contribution in [0.3, 0.4) is 0 Å². The van der Waals surface area contributed by atoms with Crippen LogP contribution in [0.4, 0.5) is 10.5 Å². The van der Waals surface area contributed by atoms with Gasteiger partial charge < -0.3 is 10.5 Å². The number of hydrogen-bond acceptors (Lipinski definition) is 5. The highest BCUT2D eigenvalue weighted by Crippen LogP contribution is 2.42. The molecule has 0 radical (unpaired) electrons. The minimum absolute atomic E-state index is 0.0593. The molecule has 7 heteroatoms. The third-order valence-electron chi connectivity index (χ3n) is 5.46. The molecule has 0 saturated carbocycles. The van der Waals surface area contributed by atoms with Crippen LogP contribution in [0.15, 0.2) is 42.5 Å². The lowest BCUT2D eigenvalue weighted by Crippen LogP contribution is -2.49. The fourth-order valence-corrected chi connectivity index (χ4v) is 3.75. The Morgan fingerprint density at radius 2 is 1.75 bits per heavy atom. The Hall–Kier alpha value is -3.19. The van der Waals surface area contributed by atoms with Gasteiger partial charge in [0.1, 0.15) is 5.60 Å². The number of rotatable bonds is 4. The number of fused-ring (bicyclic) bond motifs is 3. The minimum Gasteiger partial charge on any atom is -0.443 e. The van der Waals surface area contributed by atoms with Crippen LogP contribution in [0.25, 0.3) is 11.1 Å². The van der Waals surface area contributed by atoms with Crippen molar-refractivity contribution in [1.29, 1.82) is 0 Å². The van der Waals surface area contributed by atoms with Gasteiger partial charge in [0.05, 0.1) is 17.6 Å². The number of nitrogens with two attached hydrogens (primary N) is 1. The summed E-state index contributed by atoms with van der Waals surface area (Å²) >= 11 is 0. The number of hydrogen-bond donors (Lipinski definition) is 2. The van der Waals surface area contributed by atoms with Gasteiger partial charge in [-0.05, 0) is 50.8 Å². The van der Waals surface area contributed by atoms with Gasteiger partial charge in [0.25, 0.3) is 5.91 Å². The largest absolute Gasteiger partial charge is 0.443 e. The summed E-state index contributed by atoms with van der Waals surface area (Å²) in [5.74, 6) is -1.17. The SMILES string of the molecule is CC1C(=O)N(NC(=O)OC(C)(C)C)c2cccc(C(=O)[C@@H](N)C(C)C)c2-c2ccccc21. The maximum absolute atomic E-state index is 13.4. The highest BCUT2D eigenvalue weighted by Gasteiger charge is 2.36. The molecule has 7 nitrogen and oxygen atoms in total. The molecular weight excluding hydrogens is 406 g/mol. The summed E-state index contributed by atoms with van der Waals surface area (Å²) in [6.45, 7) is 10.8. The summed E-state index contributed by atoms with van der Waals surface area (Å²) in [5.41, 5.74) is 11.0. The van der Waals surface area contributed by atoms with E-state index in [9.17, 15) is 14.4 Å². The highest BCUT2D eigenvalue weighted by molar-refractivity contribution is 6.13. The Morgan fingerprint density at radius 3 is 2.38 bits per heavy atom. The first-order valence-corrected chi connectivity index (χ1v) is 10.8. The molecule has 2 aromatic rings. The quantitative estimate of drug-likeness (QED) is 0.690. The summed E-state index contributed by atoms with van der Waals surface area (Å²) in [6, 6.07) is 11.9. The lowest BCUT2D eigenvalue weighted by atomic mass is 9.86. The predicted octanol–water partition coefficient (Wildman–Crippen LogP) is 4.41. The van der Waals surface area contributed by atoms with E-state index in [2.05, 4.69) is 5.43 Å². The van der Waals surface area contributed by atoms with Crippen molar-refractivity contribution in [3.05, 3.63) is 53.6 Å². The smallest absolute Gasteiger partial charge is 0.427 e. The number of ketones is 1. The molecule has 3 N–H and O–H groups in total. The molecule has 2 atom stereocenters. The van der Waals surface area contributed by atoms with Gasteiger partial charge in [0.15, 0.2) is 5.78 Å². The van der Waals surface area contributed by atoms with Crippen molar-refractivity contribution in [2.75, 3.05) is 5.01 Å². The van der Waals surface area contributed by atoms with Crippen LogP contribution in [0.1, 0.15) is 63.4 Å². The van der Waals surface area contributed by atoms with Crippen LogP contribution in [0.2, 0.25) is 0 Å². The molecule has 2 amide bonds. The molecule has 1 heterocycles. The van der Waals surface area contributed by atoms with Crippen molar-refractivity contribution in [1.82, 2.24) is 5.43 Å². The van der Waals surface area contributed by atoms with Crippen LogP contribution >= 0.6 is 0 Å². The number of carbonyl (C=O) groups is 3. The molecule has 0 aliphatic carbocycles. The van der Waals surface area contributed by atoms with Crippen LogP contribution in [-0.2, 0) is 9.53 Å². The average Bonchev–Trinajstić information content (AvgIpc) is 2.81. The van der Waals surface area contributed by atoms with E-state index in [0.29, 0.717) is 16.8 Å². The van der Waals surface area contributed by atoms with Gasteiger partial charge in [-0.2, -0.15) is 0 Å². The van der Waals surface area contributed by atoms with Crippen molar-refractivity contribution >= 4 is 23.5 Å². The maximum Gasteiger partial charge on any atom is 0.427 e. The number of carbonyl (C=O) groups excluding carboxylic acids is 3. The molecule has 170 valence electrons. The molecule has 2 aromatic carbocycles. The molecule has 1 unspecified atom stereocenters. The van der Waals surface area contributed by atoms with Crippen LogP contribution in [-0.4, -0.2) is 29.4 Å². The van der Waals surface area contributed by atoms with E-state index in [4.69, 9.17) is 10.5 Å². The van der Waals surface area contributed by atoms with E-state index in [-0.39, 0.29) is 17.6 Å². The molecular formula is C25H31N3O4. The van der Waals surface area contributed by atoms with Crippen LogP contribution < -0.4 is 16.2 Å². The van der Waals surface area contributed by atoms with Gasteiger partial charge in [-0.15, -0.1) is 0 Å². The molecule has 1 aliphatic heterocycles. The van der Waals surface area contributed by atoms with Crippen molar-refractivity contribution < 1.29 is 19.1 Å². The molecule has 3 rings (SSSR count). The third kappa shape index (κ3) is 4.53. The molecule has 0 aromatic heterocycles. The van der Waals surface area contributed by atoms with Gasteiger partial charge in [0.2, 0.25) is 0 Å². The zero-order valence-corrected chi connectivity index (χ0v) is 19.4. The zero-order chi connectivity index (χ0) is 23.8. The fourth-order valence-electron chi connectivity index (χ4n) is 3.75. The fraction of sp³-hybridized carbons (Fsp3) is 0.400. The first kappa shape index (κ1) is 23.5. The second-order valence-electron chi connectivity index (χ2n) is 9.43. The van der Waals surface area contributed by atoms with Gasteiger partial charge in [0, 0.05) is 11.1 Å². The van der Waals surface area contributed by atoms with Gasteiger partial charge >= 0.3 is 6.09 Å². The standard InChI is InChI=1S/C25H31N3O4/c1-14(2)21(26)22(29)18-12-9-13-19-20(18)17-11-8-7-10-16(17)15(3)23(30)28(19)27-24(31)32-25(4,5)6/h7-15,21H,26H2,1-6H3,(H,27,31)/t15?,21-/m0/s1. The number of anilines is 1. The molecule has 32 heavy (non-hydrogen) atoms. The molecule has 1 aliphatic rings. The zero-order valence-electron chi connectivity index (χ0n) is 19.4. The summed E-state index contributed by atoms with van der Waals surface area (Å²) < 4.78 is 5.37. The van der Waals surface area contributed by atoms with Crippen LogP contribution in [0.5, 0.6) is 0 Å². The molecule has 0 saturated heterocycles. The number of ether oxygens (including phenoxy) is 1. The number of nitrogens with one attached hydrogen (secondary N) is 1. The third-order valence-corrected chi connectivity index (χ3v) is 5.46. The van der Waals surface area contributed by atoms with Crippen molar-refractivity contribution in [2.45, 2.75) is 59.1 Å². The van der Waals surface area contributed by atoms with E-state index in [1.165, 1.54) is 5.01 Å². The monoisotopic (exact) mass is 437 g/mol. The van der Waals surface area contributed by atoms with E-state index in [0.717, 1.165) is 11.1 Å². The van der Waals surface area contributed by atoms with Crippen molar-refractivity contribution in [2.24, 2.45) is 11.7 Å². The van der Waals surface area contributed by atoms with E-state index in [1.807, 2.05) is 38.1 Å². The highest BCUT2D eigenvalue weighted by atomic mass is 16.6. The Bertz CT molecular complexity index is 1060. The van der Waals surface area contributed by atoms with E-state index >= 15 is 0 Å². The Balaban J connectivity index is 2.22. The average molecular weight is 438 g/mol. The second-order valence-corrected chi connectivity index (χ2v) is 9.43. The Morgan fingerprint density at radius 1 is 1.09 bits per heavy atom. The maximum atomic E-state index is 13.4. The number of Topliss-reactive ketones (excluding diaryl/α,β-unsaturated/α-hetero) is 1. The number of hydrazine groups is 1. The van der Waals surface area contributed by atoms with Crippen LogP contribution in [0, 0.1) is 5.92 Å². The lowest BCUT2D eigenvalue weighted by Gasteiger charge is -2.28. The Kier molecular flexibility index (Phi) is 6.41. The lowest BCUT2D eigenvalue weighted by molar-refractivity contribution is -0.120. The van der Waals surface area contributed by atoms with Crippen molar-refractivity contribution in [3.63, 3.8) is 0 Å². The van der Waals surface area contributed by atoms with E-state index < -0.39 is 23.7 Å². The first-order valence-electron chi connectivity index (χ1n) is 10.8. The topological polar surface area (TPSA) is 102 Å². The van der Waals surface area contributed by atoms with Crippen molar-refractivity contribution in [3.8, 4) is 11.1 Å². The number of amides is 2. The van der Waals surface area contributed by atoms with E-state index in [1.54, 1.807) is 45.9 Å². The summed E-state index contributed by atoms with van der Waals surface area (Å²) in [7, 11) is 0. The minimum atomic E-state index is -0.759. The Labute approximate surface area is 188 Å². The normalized spacial score (nSPS) is 16.7. The number of nitrogens with zero attached hydrogens (tertiary/aromatic N) is 1. The number of benzene rings is 2. The summed E-state index contributed by atoms with van der Waals surface area (Å²) in [6.07, 6.45) is -0.759. The van der Waals surface area contributed by atoms with Gasteiger partial charge in [-0.3, -0.25) is 9.59 Å². The predicted molar refractivity (Wildman–Crippen MR) is 124 cm³/mol. The second kappa shape index (κ2) is 8.74.